The highest BCUT2D eigenvalue weighted by Gasteiger charge is 2.26. The van der Waals surface area contributed by atoms with Gasteiger partial charge in [0.05, 0.1) is 11.9 Å². The Kier molecular flexibility index (Phi) is 6.14. The molecule has 0 aliphatic heterocycles. The van der Waals surface area contributed by atoms with Crippen molar-refractivity contribution >= 4 is 38.4 Å². The van der Waals surface area contributed by atoms with Crippen molar-refractivity contribution in [2.24, 2.45) is 0 Å². The first kappa shape index (κ1) is 23.4. The number of rotatable bonds is 7. The summed E-state index contributed by atoms with van der Waals surface area (Å²) in [5, 5.41) is 9.54. The van der Waals surface area contributed by atoms with Crippen molar-refractivity contribution in [3.8, 4) is 0 Å². The molecule has 4 rings (SSSR count). The zero-order valence-electron chi connectivity index (χ0n) is 19.0. The van der Waals surface area contributed by atoms with Crippen LogP contribution in [0.1, 0.15) is 23.7 Å². The van der Waals surface area contributed by atoms with Crippen LogP contribution in [0.2, 0.25) is 0 Å². The molecule has 0 bridgehead atoms. The number of carboxylic acid groups (broad SMARTS) is 1. The van der Waals surface area contributed by atoms with Crippen LogP contribution in [0.5, 0.6) is 0 Å². The third-order valence-electron chi connectivity index (χ3n) is 5.88. The van der Waals surface area contributed by atoms with Gasteiger partial charge in [-0.15, -0.1) is 0 Å². The zero-order valence-corrected chi connectivity index (χ0v) is 19.8. The van der Waals surface area contributed by atoms with Gasteiger partial charge in [-0.1, -0.05) is 19.1 Å². The van der Waals surface area contributed by atoms with E-state index in [0.717, 1.165) is 28.2 Å². The number of halogens is 1. The van der Waals surface area contributed by atoms with Gasteiger partial charge in [0.2, 0.25) is 0 Å². The summed E-state index contributed by atoms with van der Waals surface area (Å²) in [4.78, 5) is 17.5. The first-order valence-electron chi connectivity index (χ1n) is 10.7. The number of hydrogen-bond donors (Lipinski definition) is 1. The average molecular weight is 482 g/mol. The molecule has 0 spiro atoms. The van der Waals surface area contributed by atoms with Crippen molar-refractivity contribution in [2.75, 3.05) is 11.9 Å². The Morgan fingerprint density at radius 3 is 2.56 bits per heavy atom. The summed E-state index contributed by atoms with van der Waals surface area (Å²) in [6.45, 7) is 3.59. The number of aryl methyl sites for hydroxylation is 1. The molecule has 9 heteroatoms. The van der Waals surface area contributed by atoms with Crippen LogP contribution in [0, 0.1) is 12.7 Å². The van der Waals surface area contributed by atoms with E-state index < -0.39 is 28.2 Å². The van der Waals surface area contributed by atoms with Crippen LogP contribution in [0.3, 0.4) is 0 Å². The van der Waals surface area contributed by atoms with E-state index in [1.54, 1.807) is 6.07 Å². The lowest BCUT2D eigenvalue weighted by Gasteiger charge is -2.19. The largest absolute Gasteiger partial charge is 0.481 e. The Labute approximate surface area is 197 Å². The molecule has 0 saturated carbocycles. The fourth-order valence-electron chi connectivity index (χ4n) is 4.06. The normalized spacial score (nSPS) is 11.6. The molecule has 1 N–H and O–H groups in total. The van der Waals surface area contributed by atoms with Crippen LogP contribution in [0.15, 0.2) is 65.7 Å². The minimum absolute atomic E-state index is 0.0573. The zero-order chi connectivity index (χ0) is 24.6. The Morgan fingerprint density at radius 1 is 1.15 bits per heavy atom. The SMILES string of the molecule is CCc1cccc(N(C)c2ccc(S(=O)(=O)n3c(C)c(CC(=O)O)c4cc(F)ccc43)cn2)c1. The number of aromatic nitrogens is 2. The molecule has 7 nitrogen and oxygen atoms in total. The molecule has 2 aromatic carbocycles. The fourth-order valence-corrected chi connectivity index (χ4v) is 5.58. The summed E-state index contributed by atoms with van der Waals surface area (Å²) in [5.41, 5.74) is 2.79. The van der Waals surface area contributed by atoms with E-state index in [4.69, 9.17) is 0 Å². The smallest absolute Gasteiger partial charge is 0.307 e. The van der Waals surface area contributed by atoms with E-state index in [1.807, 2.05) is 36.2 Å². The number of anilines is 2. The lowest BCUT2D eigenvalue weighted by Crippen LogP contribution is -2.16. The van der Waals surface area contributed by atoms with Gasteiger partial charge in [0.25, 0.3) is 10.0 Å². The average Bonchev–Trinajstić information content (AvgIpc) is 3.09. The molecule has 2 heterocycles. The van der Waals surface area contributed by atoms with Crippen molar-refractivity contribution in [1.82, 2.24) is 8.96 Å². The number of fused-ring (bicyclic) bond motifs is 1. The summed E-state index contributed by atoms with van der Waals surface area (Å²) in [6, 6.07) is 14.7. The predicted molar refractivity (Wildman–Crippen MR) is 129 cm³/mol. The molecular weight excluding hydrogens is 457 g/mol. The lowest BCUT2D eigenvalue weighted by atomic mass is 10.1. The molecule has 0 atom stereocenters. The molecule has 0 radical (unpaired) electrons. The van der Waals surface area contributed by atoms with Gasteiger partial charge in [-0.25, -0.2) is 21.8 Å². The Hall–Kier alpha value is -3.72. The van der Waals surface area contributed by atoms with Crippen molar-refractivity contribution in [1.29, 1.82) is 0 Å². The number of benzene rings is 2. The predicted octanol–water partition coefficient (Wildman–Crippen LogP) is 4.68. The summed E-state index contributed by atoms with van der Waals surface area (Å²) in [5.74, 6) is -1.14. The minimum atomic E-state index is -4.12. The number of aliphatic carboxylic acids is 1. The third kappa shape index (κ3) is 4.14. The number of hydrogen-bond acceptors (Lipinski definition) is 5. The van der Waals surface area contributed by atoms with E-state index in [9.17, 15) is 22.7 Å². The summed E-state index contributed by atoms with van der Waals surface area (Å²) >= 11 is 0. The third-order valence-corrected chi connectivity index (χ3v) is 7.67. The number of pyridine rings is 1. The molecular formula is C25H24FN3O4S. The Bertz CT molecular complexity index is 1490. The second kappa shape index (κ2) is 8.90. The lowest BCUT2D eigenvalue weighted by molar-refractivity contribution is -0.136. The van der Waals surface area contributed by atoms with Crippen molar-refractivity contribution in [3.05, 3.63) is 83.4 Å². The topological polar surface area (TPSA) is 92.5 Å². The van der Waals surface area contributed by atoms with E-state index in [1.165, 1.54) is 30.8 Å². The monoisotopic (exact) mass is 481 g/mol. The van der Waals surface area contributed by atoms with Crippen molar-refractivity contribution < 1.29 is 22.7 Å². The van der Waals surface area contributed by atoms with Crippen LogP contribution in [0.25, 0.3) is 10.9 Å². The van der Waals surface area contributed by atoms with Gasteiger partial charge in [0, 0.05) is 30.0 Å². The van der Waals surface area contributed by atoms with E-state index in [0.29, 0.717) is 5.82 Å². The molecule has 34 heavy (non-hydrogen) atoms. The quantitative estimate of drug-likeness (QED) is 0.412. The van der Waals surface area contributed by atoms with Gasteiger partial charge in [-0.2, -0.15) is 0 Å². The minimum Gasteiger partial charge on any atom is -0.481 e. The molecule has 2 aromatic heterocycles. The number of carbonyl (C=O) groups is 1. The Balaban J connectivity index is 1.77. The first-order valence-corrected chi connectivity index (χ1v) is 12.1. The van der Waals surface area contributed by atoms with Gasteiger partial charge < -0.3 is 10.0 Å². The van der Waals surface area contributed by atoms with Crippen LogP contribution >= 0.6 is 0 Å². The van der Waals surface area contributed by atoms with Crippen LogP contribution in [-0.2, 0) is 27.7 Å². The van der Waals surface area contributed by atoms with Gasteiger partial charge in [0.1, 0.15) is 16.5 Å². The molecule has 0 saturated heterocycles. The van der Waals surface area contributed by atoms with Gasteiger partial charge in [0.15, 0.2) is 0 Å². The molecule has 0 amide bonds. The molecule has 0 fully saturated rings. The number of carboxylic acids is 1. The second-order valence-corrected chi connectivity index (χ2v) is 9.79. The highest BCUT2D eigenvalue weighted by atomic mass is 32.2. The maximum absolute atomic E-state index is 13.9. The first-order chi connectivity index (χ1) is 16.1. The highest BCUT2D eigenvalue weighted by Crippen LogP contribution is 2.31. The number of nitrogens with zero attached hydrogens (tertiary/aromatic N) is 3. The molecule has 4 aromatic rings. The second-order valence-electron chi connectivity index (χ2n) is 8.00. The fraction of sp³-hybridized carbons (Fsp3) is 0.200. The summed E-state index contributed by atoms with van der Waals surface area (Å²) in [6.07, 6.45) is 1.74. The summed E-state index contributed by atoms with van der Waals surface area (Å²) in [7, 11) is -2.27. The standard InChI is InChI=1S/C25H24FN3O4S/c1-4-17-6-5-7-19(12-17)28(3)24-11-9-20(15-27-24)34(32,33)29-16(2)21(14-25(30)31)22-13-18(26)8-10-23(22)29/h5-13,15H,4,14H2,1-3H3,(H,30,31). The molecule has 0 aliphatic rings. The van der Waals surface area contributed by atoms with E-state index in [2.05, 4.69) is 11.9 Å². The van der Waals surface area contributed by atoms with Crippen molar-refractivity contribution in [3.63, 3.8) is 0 Å². The van der Waals surface area contributed by atoms with E-state index in [-0.39, 0.29) is 27.1 Å². The molecule has 0 unspecified atom stereocenters. The Morgan fingerprint density at radius 2 is 1.91 bits per heavy atom. The molecule has 176 valence electrons. The van der Waals surface area contributed by atoms with Crippen LogP contribution in [0.4, 0.5) is 15.9 Å². The van der Waals surface area contributed by atoms with Gasteiger partial charge in [-0.05, 0) is 66.9 Å². The van der Waals surface area contributed by atoms with E-state index >= 15 is 0 Å². The van der Waals surface area contributed by atoms with Gasteiger partial charge in [-0.3, -0.25) is 4.79 Å². The maximum atomic E-state index is 13.9. The van der Waals surface area contributed by atoms with Crippen LogP contribution < -0.4 is 4.90 Å². The molecule has 0 aliphatic carbocycles. The highest BCUT2D eigenvalue weighted by molar-refractivity contribution is 7.90. The van der Waals surface area contributed by atoms with Crippen LogP contribution in [-0.4, -0.2) is 35.5 Å². The van der Waals surface area contributed by atoms with Crippen molar-refractivity contribution in [2.45, 2.75) is 31.6 Å². The summed E-state index contributed by atoms with van der Waals surface area (Å²) < 4.78 is 42.1. The maximum Gasteiger partial charge on any atom is 0.307 e. The van der Waals surface area contributed by atoms with Gasteiger partial charge >= 0.3 is 5.97 Å².